The molecule has 18 heavy (non-hydrogen) atoms. The predicted octanol–water partition coefficient (Wildman–Crippen LogP) is 4.25. The second kappa shape index (κ2) is 5.41. The van der Waals surface area contributed by atoms with E-state index in [1.165, 1.54) is 6.07 Å². The van der Waals surface area contributed by atoms with Crippen molar-refractivity contribution in [1.82, 2.24) is 5.32 Å². The number of halogens is 2. The molecule has 0 aliphatic rings. The summed E-state index contributed by atoms with van der Waals surface area (Å²) in [4.78, 5) is 0. The third-order valence-electron chi connectivity index (χ3n) is 2.85. The van der Waals surface area contributed by atoms with Gasteiger partial charge in [0.25, 0.3) is 0 Å². The number of fused-ring (bicyclic) bond motifs is 1. The van der Waals surface area contributed by atoms with Crippen molar-refractivity contribution in [3.63, 3.8) is 0 Å². The molecule has 2 rings (SSSR count). The average Bonchev–Trinajstić information content (AvgIpc) is 2.58. The summed E-state index contributed by atoms with van der Waals surface area (Å²) in [6, 6.07) is 2.99. The fourth-order valence-electron chi connectivity index (χ4n) is 2.16. The predicted molar refractivity (Wildman–Crippen MR) is 75.2 cm³/mol. The van der Waals surface area contributed by atoms with Gasteiger partial charge in [0.1, 0.15) is 17.2 Å². The minimum Gasteiger partial charge on any atom is -0.458 e. The molecule has 2 aromatic rings. The fourth-order valence-corrected chi connectivity index (χ4v) is 2.67. The Morgan fingerprint density at radius 1 is 1.39 bits per heavy atom. The number of furan rings is 1. The van der Waals surface area contributed by atoms with Crippen molar-refractivity contribution in [2.75, 3.05) is 7.05 Å². The Labute approximate surface area is 115 Å². The molecule has 0 aliphatic carbocycles. The molecule has 0 spiro atoms. The average molecular weight is 314 g/mol. The van der Waals surface area contributed by atoms with Gasteiger partial charge in [-0.2, -0.15) is 0 Å². The number of hydrogen-bond acceptors (Lipinski definition) is 2. The van der Waals surface area contributed by atoms with Crippen LogP contribution in [-0.4, -0.2) is 7.05 Å². The van der Waals surface area contributed by atoms with E-state index in [0.717, 1.165) is 28.7 Å². The standard InChI is InChI=1S/C14H17BrFNO/c1-8(2)4-10-11-5-9(16)6-12(15)14(11)18-13(10)7-17-3/h5-6,8,17H,4,7H2,1-3H3. The van der Waals surface area contributed by atoms with Gasteiger partial charge >= 0.3 is 0 Å². The lowest BCUT2D eigenvalue weighted by Gasteiger charge is -2.05. The first-order chi connectivity index (χ1) is 8.52. The molecule has 1 aromatic carbocycles. The Kier molecular flexibility index (Phi) is 4.07. The first kappa shape index (κ1) is 13.6. The van der Waals surface area contributed by atoms with Gasteiger partial charge in [-0.15, -0.1) is 0 Å². The van der Waals surface area contributed by atoms with Gasteiger partial charge in [-0.25, -0.2) is 4.39 Å². The molecular formula is C14H17BrFNO. The van der Waals surface area contributed by atoms with Crippen LogP contribution in [0.2, 0.25) is 0 Å². The first-order valence-corrected chi connectivity index (χ1v) is 6.86. The number of rotatable bonds is 4. The van der Waals surface area contributed by atoms with Gasteiger partial charge in [0.05, 0.1) is 11.0 Å². The Balaban J connectivity index is 2.64. The summed E-state index contributed by atoms with van der Waals surface area (Å²) < 4.78 is 20.0. The van der Waals surface area contributed by atoms with Gasteiger partial charge < -0.3 is 9.73 Å². The van der Waals surface area contributed by atoms with E-state index in [1.54, 1.807) is 6.07 Å². The van der Waals surface area contributed by atoms with Gasteiger partial charge in [0.15, 0.2) is 0 Å². The molecule has 0 saturated carbocycles. The van der Waals surface area contributed by atoms with Gasteiger partial charge in [-0.1, -0.05) is 13.8 Å². The van der Waals surface area contributed by atoms with Crippen LogP contribution in [-0.2, 0) is 13.0 Å². The van der Waals surface area contributed by atoms with E-state index in [-0.39, 0.29) is 5.82 Å². The molecule has 1 aromatic heterocycles. The summed E-state index contributed by atoms with van der Waals surface area (Å²) in [6.07, 6.45) is 0.889. The van der Waals surface area contributed by atoms with E-state index in [2.05, 4.69) is 35.1 Å². The molecule has 0 unspecified atom stereocenters. The lowest BCUT2D eigenvalue weighted by atomic mass is 10.00. The molecule has 1 heterocycles. The summed E-state index contributed by atoms with van der Waals surface area (Å²) in [5, 5.41) is 3.97. The maximum Gasteiger partial charge on any atom is 0.149 e. The summed E-state index contributed by atoms with van der Waals surface area (Å²) in [5.41, 5.74) is 1.84. The first-order valence-electron chi connectivity index (χ1n) is 6.06. The molecule has 0 amide bonds. The highest BCUT2D eigenvalue weighted by Crippen LogP contribution is 2.33. The van der Waals surface area contributed by atoms with Crippen molar-refractivity contribution in [3.8, 4) is 0 Å². The zero-order valence-electron chi connectivity index (χ0n) is 10.8. The van der Waals surface area contributed by atoms with Gasteiger partial charge in [-0.3, -0.25) is 0 Å². The highest BCUT2D eigenvalue weighted by Gasteiger charge is 2.17. The third kappa shape index (κ3) is 2.59. The Morgan fingerprint density at radius 2 is 2.11 bits per heavy atom. The molecule has 0 bridgehead atoms. The molecule has 0 saturated heterocycles. The SMILES string of the molecule is CNCc1oc2c(Br)cc(F)cc2c1CC(C)C. The molecule has 1 N–H and O–H groups in total. The second-order valence-corrected chi connectivity index (χ2v) is 5.75. The largest absolute Gasteiger partial charge is 0.458 e. The quantitative estimate of drug-likeness (QED) is 0.912. The van der Waals surface area contributed by atoms with Crippen LogP contribution in [0.15, 0.2) is 21.0 Å². The maximum absolute atomic E-state index is 13.5. The fraction of sp³-hybridized carbons (Fsp3) is 0.429. The highest BCUT2D eigenvalue weighted by atomic mass is 79.9. The second-order valence-electron chi connectivity index (χ2n) is 4.90. The van der Waals surface area contributed by atoms with Crippen molar-refractivity contribution < 1.29 is 8.81 Å². The Morgan fingerprint density at radius 3 is 2.72 bits per heavy atom. The van der Waals surface area contributed by atoms with Crippen molar-refractivity contribution >= 4 is 26.9 Å². The zero-order valence-corrected chi connectivity index (χ0v) is 12.4. The highest BCUT2D eigenvalue weighted by molar-refractivity contribution is 9.10. The lowest BCUT2D eigenvalue weighted by Crippen LogP contribution is -2.07. The number of nitrogens with one attached hydrogen (secondary N) is 1. The smallest absolute Gasteiger partial charge is 0.149 e. The van der Waals surface area contributed by atoms with Gasteiger partial charge in [0.2, 0.25) is 0 Å². The van der Waals surface area contributed by atoms with Crippen LogP contribution in [0.4, 0.5) is 4.39 Å². The van der Waals surface area contributed by atoms with Crippen molar-refractivity contribution in [3.05, 3.63) is 33.7 Å². The van der Waals surface area contributed by atoms with E-state index >= 15 is 0 Å². The van der Waals surface area contributed by atoms with Crippen LogP contribution in [0.3, 0.4) is 0 Å². The van der Waals surface area contributed by atoms with Crippen LogP contribution < -0.4 is 5.32 Å². The number of hydrogen-bond donors (Lipinski definition) is 1. The molecule has 0 fully saturated rings. The molecular weight excluding hydrogens is 297 g/mol. The van der Waals surface area contributed by atoms with Crippen LogP contribution in [0.1, 0.15) is 25.2 Å². The number of benzene rings is 1. The monoisotopic (exact) mass is 313 g/mol. The van der Waals surface area contributed by atoms with Crippen LogP contribution in [0, 0.1) is 11.7 Å². The van der Waals surface area contributed by atoms with E-state index in [1.807, 2.05) is 7.05 Å². The maximum atomic E-state index is 13.5. The normalized spacial score (nSPS) is 11.7. The minimum atomic E-state index is -0.240. The molecule has 2 nitrogen and oxygen atoms in total. The van der Waals surface area contributed by atoms with Gasteiger partial charge in [-0.05, 0) is 47.4 Å². The van der Waals surface area contributed by atoms with Crippen LogP contribution >= 0.6 is 15.9 Å². The molecule has 0 radical (unpaired) electrons. The molecule has 98 valence electrons. The van der Waals surface area contributed by atoms with E-state index in [9.17, 15) is 4.39 Å². The summed E-state index contributed by atoms with van der Waals surface area (Å²) in [5.74, 6) is 1.16. The topological polar surface area (TPSA) is 25.2 Å². The van der Waals surface area contributed by atoms with Gasteiger partial charge in [0, 0.05) is 10.9 Å². The van der Waals surface area contributed by atoms with E-state index < -0.39 is 0 Å². The molecule has 0 atom stereocenters. The third-order valence-corrected chi connectivity index (χ3v) is 3.43. The van der Waals surface area contributed by atoms with Crippen LogP contribution in [0.5, 0.6) is 0 Å². The minimum absolute atomic E-state index is 0.240. The summed E-state index contributed by atoms with van der Waals surface area (Å²) >= 11 is 3.36. The lowest BCUT2D eigenvalue weighted by molar-refractivity contribution is 0.514. The zero-order chi connectivity index (χ0) is 13.3. The molecule has 0 aliphatic heterocycles. The van der Waals surface area contributed by atoms with Crippen molar-refractivity contribution in [1.29, 1.82) is 0 Å². The van der Waals surface area contributed by atoms with Crippen molar-refractivity contribution in [2.45, 2.75) is 26.8 Å². The van der Waals surface area contributed by atoms with E-state index in [4.69, 9.17) is 4.42 Å². The molecule has 4 heteroatoms. The van der Waals surface area contributed by atoms with Crippen molar-refractivity contribution in [2.24, 2.45) is 5.92 Å². The van der Waals surface area contributed by atoms with E-state index in [0.29, 0.717) is 16.9 Å². The van der Waals surface area contributed by atoms with Crippen LogP contribution in [0.25, 0.3) is 11.0 Å². The summed E-state index contributed by atoms with van der Waals surface area (Å²) in [7, 11) is 1.88. The Bertz CT molecular complexity index is 562. The Hall–Kier alpha value is -0.870. The summed E-state index contributed by atoms with van der Waals surface area (Å²) in [6.45, 7) is 4.96.